The van der Waals surface area contributed by atoms with Gasteiger partial charge in [-0.2, -0.15) is 0 Å². The van der Waals surface area contributed by atoms with E-state index >= 15 is 0 Å². The van der Waals surface area contributed by atoms with Gasteiger partial charge in [0.25, 0.3) is 0 Å². The molecule has 5 aromatic rings. The molecule has 0 unspecified atom stereocenters. The number of carbonyl (C=O) groups is 1. The molecule has 9 heteroatoms. The molecule has 0 aliphatic rings. The largest absolute Gasteiger partial charge is 0.497 e. The molecule has 0 atom stereocenters. The molecule has 4 aromatic carbocycles. The van der Waals surface area contributed by atoms with Crippen molar-refractivity contribution in [1.82, 2.24) is 20.2 Å². The van der Waals surface area contributed by atoms with Gasteiger partial charge in [0.05, 0.1) is 19.2 Å². The molecule has 0 bridgehead atoms. The van der Waals surface area contributed by atoms with Gasteiger partial charge in [-0.1, -0.05) is 77.9 Å². The zero-order valence-electron chi connectivity index (χ0n) is 23.3. The summed E-state index contributed by atoms with van der Waals surface area (Å²) in [6, 6.07) is 28.4. The summed E-state index contributed by atoms with van der Waals surface area (Å²) in [6.07, 6.45) is 2.38. The fraction of sp³-hybridized carbons (Fsp3) is 0.212. The summed E-state index contributed by atoms with van der Waals surface area (Å²) in [5, 5.41) is 12.6. The summed E-state index contributed by atoms with van der Waals surface area (Å²) in [5.74, 6) is -0.928. The SMILES string of the molecule is COc1ccc(Cn2nnnc2N(CCCc2ccc(C(=O)c3c(F)cccc3F)cc2)CCc2ccccc2)cc1. The maximum Gasteiger partial charge on any atom is 0.245 e. The predicted octanol–water partition coefficient (Wildman–Crippen LogP) is 5.92. The molecule has 5 rings (SSSR count). The number of carbonyl (C=O) groups excluding carboxylic acids is 1. The van der Waals surface area contributed by atoms with Gasteiger partial charge in [0.2, 0.25) is 5.95 Å². The van der Waals surface area contributed by atoms with E-state index in [0.29, 0.717) is 19.0 Å². The van der Waals surface area contributed by atoms with Crippen molar-refractivity contribution in [2.75, 3.05) is 25.1 Å². The van der Waals surface area contributed by atoms with Crippen LogP contribution in [0.1, 0.15) is 39.0 Å². The Morgan fingerprint density at radius 1 is 0.786 bits per heavy atom. The van der Waals surface area contributed by atoms with Crippen molar-refractivity contribution in [3.8, 4) is 5.75 Å². The van der Waals surface area contributed by atoms with Crippen LogP contribution in [0.5, 0.6) is 5.75 Å². The third-order valence-electron chi connectivity index (χ3n) is 7.10. The standard InChI is InChI=1S/C33H31F2N5O2/c1-42-28-18-14-26(15-19-28)23-40-33(36-37-38-40)39(22-20-24-7-3-2-4-8-24)21-6-9-25-12-16-27(17-13-25)32(41)31-29(34)10-5-11-30(31)35/h2-5,7-8,10-19H,6,9,20-23H2,1H3. The molecular formula is C33H31F2N5O2. The van der Waals surface area contributed by atoms with Crippen LogP contribution in [0.4, 0.5) is 14.7 Å². The Hall–Kier alpha value is -4.92. The Kier molecular flexibility index (Phi) is 9.28. The maximum absolute atomic E-state index is 14.1. The minimum atomic E-state index is -0.867. The number of hydrogen-bond donors (Lipinski definition) is 0. The zero-order chi connectivity index (χ0) is 29.3. The summed E-state index contributed by atoms with van der Waals surface area (Å²) >= 11 is 0. The molecule has 0 fully saturated rings. The molecule has 0 amide bonds. The monoisotopic (exact) mass is 567 g/mol. The minimum Gasteiger partial charge on any atom is -0.497 e. The van der Waals surface area contributed by atoms with E-state index in [4.69, 9.17) is 4.74 Å². The van der Waals surface area contributed by atoms with Crippen LogP contribution in [-0.2, 0) is 19.4 Å². The van der Waals surface area contributed by atoms with E-state index in [1.165, 1.54) is 11.6 Å². The van der Waals surface area contributed by atoms with Crippen LogP contribution in [-0.4, -0.2) is 46.2 Å². The van der Waals surface area contributed by atoms with Gasteiger partial charge in [-0.05, 0) is 70.6 Å². The van der Waals surface area contributed by atoms with Crippen molar-refractivity contribution < 1.29 is 18.3 Å². The maximum atomic E-state index is 14.1. The highest BCUT2D eigenvalue weighted by molar-refractivity contribution is 6.09. The number of benzene rings is 4. The molecule has 0 spiro atoms. The molecule has 1 aromatic heterocycles. The molecule has 42 heavy (non-hydrogen) atoms. The summed E-state index contributed by atoms with van der Waals surface area (Å²) < 4.78 is 35.2. The molecule has 0 saturated carbocycles. The summed E-state index contributed by atoms with van der Waals surface area (Å²) in [4.78, 5) is 14.9. The Balaban J connectivity index is 1.26. The number of nitrogens with zero attached hydrogens (tertiary/aromatic N) is 5. The molecule has 214 valence electrons. The van der Waals surface area contributed by atoms with Crippen LogP contribution < -0.4 is 9.64 Å². The van der Waals surface area contributed by atoms with Crippen molar-refractivity contribution in [3.63, 3.8) is 0 Å². The summed E-state index contributed by atoms with van der Waals surface area (Å²) in [6.45, 7) is 1.96. The molecular weight excluding hydrogens is 536 g/mol. The molecule has 0 N–H and O–H groups in total. The minimum absolute atomic E-state index is 0.241. The summed E-state index contributed by atoms with van der Waals surface area (Å²) in [7, 11) is 1.64. The quantitative estimate of drug-likeness (QED) is 0.165. The van der Waals surface area contributed by atoms with Gasteiger partial charge < -0.3 is 9.64 Å². The van der Waals surface area contributed by atoms with Gasteiger partial charge in [0.15, 0.2) is 5.78 Å². The third-order valence-corrected chi connectivity index (χ3v) is 7.10. The van der Waals surface area contributed by atoms with Crippen molar-refractivity contribution in [2.24, 2.45) is 0 Å². The number of rotatable bonds is 13. The number of anilines is 1. The number of aryl methyl sites for hydroxylation is 1. The Morgan fingerprint density at radius 2 is 1.45 bits per heavy atom. The van der Waals surface area contributed by atoms with Crippen molar-refractivity contribution in [3.05, 3.63) is 137 Å². The van der Waals surface area contributed by atoms with Crippen molar-refractivity contribution >= 4 is 11.7 Å². The Labute approximate surface area is 243 Å². The van der Waals surface area contributed by atoms with Gasteiger partial charge in [-0.25, -0.2) is 13.5 Å². The Morgan fingerprint density at radius 3 is 2.14 bits per heavy atom. The molecule has 0 aliphatic heterocycles. The fourth-order valence-electron chi connectivity index (χ4n) is 4.81. The highest BCUT2D eigenvalue weighted by Crippen LogP contribution is 2.20. The first-order valence-electron chi connectivity index (χ1n) is 13.8. The number of hydrogen-bond acceptors (Lipinski definition) is 6. The lowest BCUT2D eigenvalue weighted by atomic mass is 10.00. The van der Waals surface area contributed by atoms with Crippen LogP contribution in [0.25, 0.3) is 0 Å². The third kappa shape index (κ3) is 7.04. The van der Waals surface area contributed by atoms with E-state index < -0.39 is 23.0 Å². The topological polar surface area (TPSA) is 73.1 Å². The van der Waals surface area contributed by atoms with Gasteiger partial charge in [0.1, 0.15) is 17.4 Å². The zero-order valence-corrected chi connectivity index (χ0v) is 23.3. The van der Waals surface area contributed by atoms with Gasteiger partial charge in [0, 0.05) is 18.7 Å². The first-order valence-corrected chi connectivity index (χ1v) is 13.8. The first-order chi connectivity index (χ1) is 20.5. The van der Waals surface area contributed by atoms with E-state index in [-0.39, 0.29) is 5.56 Å². The average Bonchev–Trinajstić information content (AvgIpc) is 3.47. The second-order valence-electron chi connectivity index (χ2n) is 9.93. The molecule has 7 nitrogen and oxygen atoms in total. The van der Waals surface area contributed by atoms with Gasteiger partial charge >= 0.3 is 0 Å². The lowest BCUT2D eigenvalue weighted by Gasteiger charge is -2.23. The first kappa shape index (κ1) is 28.6. The number of halogens is 2. The normalized spacial score (nSPS) is 10.9. The summed E-state index contributed by atoms with van der Waals surface area (Å²) in [5.41, 5.74) is 3.00. The van der Waals surface area contributed by atoms with Crippen LogP contribution in [0.3, 0.4) is 0 Å². The van der Waals surface area contributed by atoms with E-state index in [1.54, 1.807) is 23.9 Å². The number of tetrazole rings is 1. The second kappa shape index (κ2) is 13.6. The van der Waals surface area contributed by atoms with E-state index in [0.717, 1.165) is 54.8 Å². The number of methoxy groups -OCH3 is 1. The second-order valence-corrected chi connectivity index (χ2v) is 9.93. The Bertz CT molecular complexity index is 1590. The van der Waals surface area contributed by atoms with Crippen molar-refractivity contribution in [2.45, 2.75) is 25.8 Å². The number of ketones is 1. The van der Waals surface area contributed by atoms with E-state index in [2.05, 4.69) is 32.6 Å². The highest BCUT2D eigenvalue weighted by atomic mass is 19.1. The number of ether oxygens (including phenoxy) is 1. The molecule has 1 heterocycles. The average molecular weight is 568 g/mol. The van der Waals surface area contributed by atoms with Crippen LogP contribution in [0, 0.1) is 11.6 Å². The lowest BCUT2D eigenvalue weighted by molar-refractivity contribution is 0.103. The van der Waals surface area contributed by atoms with E-state index in [9.17, 15) is 13.6 Å². The highest BCUT2D eigenvalue weighted by Gasteiger charge is 2.19. The van der Waals surface area contributed by atoms with E-state index in [1.807, 2.05) is 54.6 Å². The smallest absolute Gasteiger partial charge is 0.245 e. The van der Waals surface area contributed by atoms with Crippen LogP contribution in [0.15, 0.2) is 97.1 Å². The molecule has 0 saturated heterocycles. The number of aromatic nitrogens is 4. The van der Waals surface area contributed by atoms with Crippen LogP contribution >= 0.6 is 0 Å². The predicted molar refractivity (Wildman–Crippen MR) is 157 cm³/mol. The van der Waals surface area contributed by atoms with Crippen molar-refractivity contribution in [1.29, 1.82) is 0 Å². The molecule has 0 radical (unpaired) electrons. The lowest BCUT2D eigenvalue weighted by Crippen LogP contribution is -2.30. The van der Waals surface area contributed by atoms with Gasteiger partial charge in [-0.3, -0.25) is 4.79 Å². The molecule has 0 aliphatic carbocycles. The fourth-order valence-corrected chi connectivity index (χ4v) is 4.81. The van der Waals surface area contributed by atoms with Crippen LogP contribution in [0.2, 0.25) is 0 Å². The van der Waals surface area contributed by atoms with Gasteiger partial charge in [-0.15, -0.1) is 0 Å².